The number of fused-ring (bicyclic) bond motifs is 7. The van der Waals surface area contributed by atoms with E-state index in [0.29, 0.717) is 34.9 Å². The normalized spacial score (nSPS) is 11.5. The molecule has 0 saturated heterocycles. The van der Waals surface area contributed by atoms with Crippen molar-refractivity contribution in [2.75, 3.05) is 0 Å². The third kappa shape index (κ3) is 11.1. The summed E-state index contributed by atoms with van der Waals surface area (Å²) in [5, 5.41) is 7.24. The summed E-state index contributed by atoms with van der Waals surface area (Å²) in [5.74, 6) is 3.78. The highest BCUT2D eigenvalue weighted by atomic mass is 32.1. The van der Waals surface area contributed by atoms with E-state index in [0.717, 1.165) is 88.2 Å². The second-order valence-electron chi connectivity index (χ2n) is 25.6. The zero-order valence-corrected chi connectivity index (χ0v) is 56.6. The number of hydrogen-bond donors (Lipinski definition) is 0. The lowest BCUT2D eigenvalue weighted by atomic mass is 9.89. The first-order valence-electron chi connectivity index (χ1n) is 34.2. The van der Waals surface area contributed by atoms with E-state index >= 15 is 0 Å². The molecule has 4 heterocycles. The Balaban J connectivity index is 0.604. The highest BCUT2D eigenvalue weighted by Crippen LogP contribution is 2.45. The number of thiophene rings is 2. The van der Waals surface area contributed by atoms with Crippen LogP contribution >= 0.6 is 22.7 Å². The molecule has 0 aliphatic carbocycles. The van der Waals surface area contributed by atoms with Gasteiger partial charge in [0, 0.05) is 73.7 Å². The molecule has 0 fully saturated rings. The number of aromatic nitrogens is 6. The molecular weight excluding hydrogens is 1280 g/mol. The van der Waals surface area contributed by atoms with Gasteiger partial charge in [0.1, 0.15) is 0 Å². The molecule has 19 rings (SSSR count). The maximum absolute atomic E-state index is 5.34. The molecule has 0 radical (unpaired) electrons. The summed E-state index contributed by atoms with van der Waals surface area (Å²) in [6, 6.07) is 125. The van der Waals surface area contributed by atoms with Crippen LogP contribution in [-0.4, -0.2) is 29.9 Å². The van der Waals surface area contributed by atoms with Crippen molar-refractivity contribution in [1.29, 1.82) is 0 Å². The molecule has 0 amide bonds. The average Bonchev–Trinajstić information content (AvgIpc) is 1.35. The van der Waals surface area contributed by atoms with Gasteiger partial charge in [-0.25, -0.2) is 29.9 Å². The van der Waals surface area contributed by atoms with Crippen LogP contribution in [0.4, 0.5) is 0 Å². The molecule has 19 aromatic rings. The van der Waals surface area contributed by atoms with Crippen LogP contribution in [0.2, 0.25) is 0 Å². The first kappa shape index (κ1) is 60.2. The smallest absolute Gasteiger partial charge is 0.165 e. The van der Waals surface area contributed by atoms with Gasteiger partial charge in [0.2, 0.25) is 0 Å². The maximum Gasteiger partial charge on any atom is 0.165 e. The number of nitrogens with zero attached hydrogens (tertiary/aromatic N) is 6. The van der Waals surface area contributed by atoms with Crippen molar-refractivity contribution in [1.82, 2.24) is 29.9 Å². The van der Waals surface area contributed by atoms with E-state index in [9.17, 15) is 0 Å². The van der Waals surface area contributed by atoms with E-state index in [4.69, 9.17) is 29.9 Å². The van der Waals surface area contributed by atoms with Crippen molar-refractivity contribution in [2.45, 2.75) is 0 Å². The van der Waals surface area contributed by atoms with Crippen molar-refractivity contribution >= 4 is 73.8 Å². The predicted octanol–water partition coefficient (Wildman–Crippen LogP) is 25.6. The van der Waals surface area contributed by atoms with E-state index in [2.05, 4.69) is 334 Å². The summed E-state index contributed by atoms with van der Waals surface area (Å²) in [6.45, 7) is 0. The Morgan fingerprint density at radius 3 is 0.882 bits per heavy atom. The van der Waals surface area contributed by atoms with Crippen LogP contribution in [0.5, 0.6) is 0 Å². The summed E-state index contributed by atoms with van der Waals surface area (Å²) in [7, 11) is 0. The molecule has 4 aromatic heterocycles. The molecule has 0 aliphatic rings. The van der Waals surface area contributed by atoms with E-state index in [1.807, 2.05) is 18.2 Å². The quantitative estimate of drug-likeness (QED) is 0.114. The van der Waals surface area contributed by atoms with Gasteiger partial charge in [-0.2, -0.15) is 0 Å². The summed E-state index contributed by atoms with van der Waals surface area (Å²) in [4.78, 5) is 31.4. The Morgan fingerprint density at radius 2 is 0.422 bits per heavy atom. The van der Waals surface area contributed by atoms with Crippen LogP contribution < -0.4 is 0 Å². The first-order chi connectivity index (χ1) is 50.5. The van der Waals surface area contributed by atoms with Crippen LogP contribution in [-0.2, 0) is 0 Å². The standard InChI is InChI=1S/C94H58N6S2/c1-3-20-62(21-4-1)71-26-7-9-28-75(71)76-29-10-8-27-72(76)63-48-52-68(53-49-63)91-96-92(100-94(99-91)84-37-19-35-82-80-33-14-16-39-86(80)102-88(82)84)70-25-17-24-69(58-70)61-42-40-59(41-43-61)60-44-46-64(47-45-60)73-56-57-74(78-31-12-11-30-77(73)78)65-50-54-67(55-51-65)90-95-89(66-22-5-2-6-23-66)97-93(98-90)83-36-18-34-81-79-32-13-15-38-85(79)101-87(81)83/h1-58H. The molecule has 0 bridgehead atoms. The van der Waals surface area contributed by atoms with Gasteiger partial charge in [-0.1, -0.05) is 322 Å². The van der Waals surface area contributed by atoms with Gasteiger partial charge in [-0.05, 0) is 119 Å². The second kappa shape index (κ2) is 25.7. The highest BCUT2D eigenvalue weighted by molar-refractivity contribution is 7.26. The van der Waals surface area contributed by atoms with Gasteiger partial charge < -0.3 is 0 Å². The third-order valence-corrected chi connectivity index (χ3v) is 22.0. The number of hydrogen-bond acceptors (Lipinski definition) is 8. The summed E-state index contributed by atoms with van der Waals surface area (Å²) < 4.78 is 4.79. The number of rotatable bonds is 13. The van der Waals surface area contributed by atoms with Crippen LogP contribution in [0.3, 0.4) is 0 Å². The lowest BCUT2D eigenvalue weighted by Gasteiger charge is -2.15. The molecule has 0 spiro atoms. The molecule has 476 valence electrons. The van der Waals surface area contributed by atoms with Crippen molar-refractivity contribution < 1.29 is 0 Å². The molecule has 15 aromatic carbocycles. The molecule has 8 heteroatoms. The number of benzene rings is 15. The fourth-order valence-corrected chi connectivity index (χ4v) is 16.9. The molecule has 0 aliphatic heterocycles. The summed E-state index contributed by atoms with van der Waals surface area (Å²) in [5.41, 5.74) is 21.7. The summed E-state index contributed by atoms with van der Waals surface area (Å²) >= 11 is 3.56. The van der Waals surface area contributed by atoms with Crippen LogP contribution in [0.15, 0.2) is 352 Å². The Labute approximate surface area is 597 Å². The monoisotopic (exact) mass is 1330 g/mol. The molecule has 0 saturated carbocycles. The Bertz CT molecular complexity index is 6410. The predicted molar refractivity (Wildman–Crippen MR) is 427 cm³/mol. The Hall–Kier alpha value is -13.0. The average molecular weight is 1340 g/mol. The van der Waals surface area contributed by atoms with Gasteiger partial charge in [0.05, 0.1) is 0 Å². The fraction of sp³-hybridized carbons (Fsp3) is 0. The lowest BCUT2D eigenvalue weighted by molar-refractivity contribution is 1.08. The van der Waals surface area contributed by atoms with Crippen LogP contribution in [0.25, 0.3) is 197 Å². The minimum absolute atomic E-state index is 0.609. The molecule has 6 nitrogen and oxygen atoms in total. The molecule has 0 N–H and O–H groups in total. The van der Waals surface area contributed by atoms with Crippen molar-refractivity contribution in [3.05, 3.63) is 352 Å². The van der Waals surface area contributed by atoms with Crippen LogP contribution in [0, 0.1) is 0 Å². The molecule has 102 heavy (non-hydrogen) atoms. The largest absolute Gasteiger partial charge is 0.208 e. The topological polar surface area (TPSA) is 77.3 Å². The van der Waals surface area contributed by atoms with Crippen molar-refractivity contribution in [3.63, 3.8) is 0 Å². The van der Waals surface area contributed by atoms with Gasteiger partial charge in [0.25, 0.3) is 0 Å². The first-order valence-corrected chi connectivity index (χ1v) is 35.8. The van der Waals surface area contributed by atoms with Gasteiger partial charge in [0.15, 0.2) is 34.9 Å². The van der Waals surface area contributed by atoms with Crippen molar-refractivity contribution in [2.24, 2.45) is 0 Å². The van der Waals surface area contributed by atoms with Crippen LogP contribution in [0.1, 0.15) is 0 Å². The van der Waals surface area contributed by atoms with Gasteiger partial charge in [-0.3, -0.25) is 0 Å². The SMILES string of the molecule is c1ccc(-c2nc(-c3ccc(-c4ccc(-c5ccc(-c6ccc(-c7cccc(-c8nc(-c9ccc(-c%10ccccc%10-c%10ccccc%10-c%10ccccc%10)cc9)nc(-c9cccc%10c9sc9ccccc9%10)n8)c7)cc6)cc5)c5ccccc45)cc3)nc(-c3cccc4c3sc3ccccc34)n2)cc1. The highest BCUT2D eigenvalue weighted by Gasteiger charge is 2.21. The third-order valence-electron chi connectivity index (χ3n) is 19.5. The lowest BCUT2D eigenvalue weighted by Crippen LogP contribution is -2.00. The van der Waals surface area contributed by atoms with Crippen molar-refractivity contribution in [3.8, 4) is 146 Å². The minimum atomic E-state index is 0.609. The van der Waals surface area contributed by atoms with Gasteiger partial charge in [-0.15, -0.1) is 22.7 Å². The zero-order valence-electron chi connectivity index (χ0n) is 55.0. The van der Waals surface area contributed by atoms with Gasteiger partial charge >= 0.3 is 0 Å². The van der Waals surface area contributed by atoms with E-state index in [1.165, 1.54) is 74.2 Å². The Morgan fingerprint density at radius 1 is 0.147 bits per heavy atom. The molecule has 0 atom stereocenters. The molecular formula is C94H58N6S2. The fourth-order valence-electron chi connectivity index (χ4n) is 14.4. The summed E-state index contributed by atoms with van der Waals surface area (Å²) in [6.07, 6.45) is 0. The molecule has 0 unspecified atom stereocenters. The van der Waals surface area contributed by atoms with E-state index < -0.39 is 0 Å². The maximum atomic E-state index is 5.34. The Kier molecular flexibility index (Phi) is 15.2. The zero-order chi connectivity index (χ0) is 67.5. The van der Waals surface area contributed by atoms with E-state index in [-0.39, 0.29) is 0 Å². The van der Waals surface area contributed by atoms with E-state index in [1.54, 1.807) is 22.7 Å². The second-order valence-corrected chi connectivity index (χ2v) is 27.7. The minimum Gasteiger partial charge on any atom is -0.208 e.